The molecule has 1 aromatic rings. The van der Waals surface area contributed by atoms with Crippen LogP contribution in [0.4, 0.5) is 5.69 Å². The Morgan fingerprint density at radius 1 is 1.15 bits per heavy atom. The fraction of sp³-hybridized carbons (Fsp3) is 0.619. The Labute approximate surface area is 161 Å². The molecule has 5 heteroatoms. The molecule has 0 unspecified atom stereocenters. The second-order valence-electron chi connectivity index (χ2n) is 8.78. The Balaban J connectivity index is 1.55. The van der Waals surface area contributed by atoms with Gasteiger partial charge in [-0.15, -0.1) is 0 Å². The van der Waals surface area contributed by atoms with Crippen molar-refractivity contribution >= 4 is 29.1 Å². The van der Waals surface area contributed by atoms with Crippen molar-refractivity contribution in [3.8, 4) is 0 Å². The number of hydrogen-bond acceptors (Lipinski definition) is 2. The number of carbonyl (C=O) groups is 2. The molecule has 26 heavy (non-hydrogen) atoms. The molecule has 0 spiro atoms. The van der Waals surface area contributed by atoms with Crippen LogP contribution in [-0.4, -0.2) is 24.4 Å². The summed E-state index contributed by atoms with van der Waals surface area (Å²) in [4.78, 5) is 26.7. The van der Waals surface area contributed by atoms with E-state index in [4.69, 9.17) is 11.6 Å². The van der Waals surface area contributed by atoms with Gasteiger partial charge in [0.05, 0.1) is 16.6 Å². The third-order valence-corrected chi connectivity index (χ3v) is 6.26. The summed E-state index contributed by atoms with van der Waals surface area (Å²) in [5.74, 6) is 0.403. The Bertz CT molecular complexity index is 675. The number of hydrogen-bond donors (Lipinski definition) is 1. The number of nitrogens with one attached hydrogen (secondary N) is 1. The number of halogens is 1. The number of anilines is 1. The topological polar surface area (TPSA) is 49.4 Å². The fourth-order valence-electron chi connectivity index (χ4n) is 4.21. The van der Waals surface area contributed by atoms with Crippen LogP contribution in [0.2, 0.25) is 5.02 Å². The molecule has 142 valence electrons. The van der Waals surface area contributed by atoms with Crippen molar-refractivity contribution in [2.45, 2.75) is 58.9 Å². The average Bonchev–Trinajstić information content (AvgIpc) is 2.97. The maximum Gasteiger partial charge on any atom is 0.227 e. The normalized spacial score (nSPS) is 26.8. The van der Waals surface area contributed by atoms with Crippen LogP contribution in [0.3, 0.4) is 0 Å². The Morgan fingerprint density at radius 2 is 1.81 bits per heavy atom. The van der Waals surface area contributed by atoms with Gasteiger partial charge in [0.25, 0.3) is 0 Å². The zero-order chi connectivity index (χ0) is 18.9. The van der Waals surface area contributed by atoms with E-state index in [1.807, 2.05) is 18.2 Å². The molecule has 1 aromatic carbocycles. The molecule has 0 bridgehead atoms. The SMILES string of the molecule is CC(C)(C)C1CCC(NC(=O)[C@H]2CC(=O)N(c3ccccc3Cl)C2)CC1. The molecule has 1 N–H and O–H groups in total. The molecule has 2 fully saturated rings. The van der Waals surface area contributed by atoms with E-state index in [1.54, 1.807) is 11.0 Å². The van der Waals surface area contributed by atoms with Gasteiger partial charge >= 0.3 is 0 Å². The lowest BCUT2D eigenvalue weighted by Gasteiger charge is -2.37. The van der Waals surface area contributed by atoms with Crippen molar-refractivity contribution in [1.29, 1.82) is 0 Å². The predicted molar refractivity (Wildman–Crippen MR) is 105 cm³/mol. The summed E-state index contributed by atoms with van der Waals surface area (Å²) in [7, 11) is 0. The van der Waals surface area contributed by atoms with Crippen molar-refractivity contribution in [2.75, 3.05) is 11.4 Å². The van der Waals surface area contributed by atoms with Crippen molar-refractivity contribution in [1.82, 2.24) is 5.32 Å². The van der Waals surface area contributed by atoms with E-state index in [9.17, 15) is 9.59 Å². The van der Waals surface area contributed by atoms with E-state index in [0.717, 1.165) is 31.6 Å². The molecule has 1 heterocycles. The third kappa shape index (κ3) is 4.22. The van der Waals surface area contributed by atoms with E-state index in [0.29, 0.717) is 22.7 Å². The number of para-hydroxylation sites is 1. The van der Waals surface area contributed by atoms with Crippen LogP contribution in [0, 0.1) is 17.3 Å². The summed E-state index contributed by atoms with van der Waals surface area (Å²) < 4.78 is 0. The molecular formula is C21H29ClN2O2. The van der Waals surface area contributed by atoms with Gasteiger partial charge in [-0.2, -0.15) is 0 Å². The molecule has 0 radical (unpaired) electrons. The molecule has 2 amide bonds. The maximum absolute atomic E-state index is 12.7. The Hall–Kier alpha value is -1.55. The van der Waals surface area contributed by atoms with Crippen LogP contribution in [-0.2, 0) is 9.59 Å². The summed E-state index contributed by atoms with van der Waals surface area (Å²) in [6, 6.07) is 7.53. The Morgan fingerprint density at radius 3 is 2.42 bits per heavy atom. The minimum Gasteiger partial charge on any atom is -0.353 e. The number of carbonyl (C=O) groups excluding carboxylic acids is 2. The first-order chi connectivity index (χ1) is 12.3. The van der Waals surface area contributed by atoms with Gasteiger partial charge in [-0.1, -0.05) is 44.5 Å². The van der Waals surface area contributed by atoms with Crippen molar-refractivity contribution in [2.24, 2.45) is 17.3 Å². The second-order valence-corrected chi connectivity index (χ2v) is 9.19. The van der Waals surface area contributed by atoms with Crippen molar-refractivity contribution in [3.05, 3.63) is 29.3 Å². The highest BCUT2D eigenvalue weighted by molar-refractivity contribution is 6.33. The van der Waals surface area contributed by atoms with Crippen LogP contribution < -0.4 is 10.2 Å². The number of rotatable bonds is 3. The minimum atomic E-state index is -0.292. The average molecular weight is 377 g/mol. The summed E-state index contributed by atoms with van der Waals surface area (Å²) >= 11 is 6.21. The van der Waals surface area contributed by atoms with E-state index >= 15 is 0 Å². The quantitative estimate of drug-likeness (QED) is 0.849. The van der Waals surface area contributed by atoms with Gasteiger partial charge < -0.3 is 10.2 Å². The first-order valence-electron chi connectivity index (χ1n) is 9.61. The molecule has 1 aliphatic heterocycles. The summed E-state index contributed by atoms with van der Waals surface area (Å²) in [5, 5.41) is 3.73. The van der Waals surface area contributed by atoms with E-state index in [-0.39, 0.29) is 30.2 Å². The lowest BCUT2D eigenvalue weighted by Crippen LogP contribution is -2.42. The van der Waals surface area contributed by atoms with Gasteiger partial charge in [0.1, 0.15) is 0 Å². The largest absolute Gasteiger partial charge is 0.353 e. The van der Waals surface area contributed by atoms with Gasteiger partial charge in [0.15, 0.2) is 0 Å². The van der Waals surface area contributed by atoms with Crippen LogP contribution in [0.15, 0.2) is 24.3 Å². The molecule has 1 saturated heterocycles. The van der Waals surface area contributed by atoms with Crippen molar-refractivity contribution in [3.63, 3.8) is 0 Å². The fourth-order valence-corrected chi connectivity index (χ4v) is 4.45. The minimum absolute atomic E-state index is 0.00659. The highest BCUT2D eigenvalue weighted by atomic mass is 35.5. The lowest BCUT2D eigenvalue weighted by atomic mass is 9.71. The zero-order valence-corrected chi connectivity index (χ0v) is 16.7. The van der Waals surface area contributed by atoms with Gasteiger partial charge in [-0.05, 0) is 49.1 Å². The van der Waals surface area contributed by atoms with Crippen LogP contribution in [0.1, 0.15) is 52.9 Å². The van der Waals surface area contributed by atoms with Crippen LogP contribution in [0.25, 0.3) is 0 Å². The van der Waals surface area contributed by atoms with Crippen LogP contribution >= 0.6 is 11.6 Å². The highest BCUT2D eigenvalue weighted by Crippen LogP contribution is 2.38. The lowest BCUT2D eigenvalue weighted by molar-refractivity contribution is -0.127. The second kappa shape index (κ2) is 7.59. The molecule has 3 rings (SSSR count). The Kier molecular flexibility index (Phi) is 5.61. The van der Waals surface area contributed by atoms with E-state index in [1.165, 1.54) is 0 Å². The number of amides is 2. The van der Waals surface area contributed by atoms with Gasteiger partial charge in [0.2, 0.25) is 11.8 Å². The van der Waals surface area contributed by atoms with E-state index < -0.39 is 0 Å². The number of benzene rings is 1. The molecule has 2 aliphatic rings. The van der Waals surface area contributed by atoms with Crippen molar-refractivity contribution < 1.29 is 9.59 Å². The smallest absolute Gasteiger partial charge is 0.227 e. The molecule has 1 atom stereocenters. The molecule has 1 saturated carbocycles. The summed E-state index contributed by atoms with van der Waals surface area (Å²) in [5.41, 5.74) is 1.03. The highest BCUT2D eigenvalue weighted by Gasteiger charge is 2.37. The first-order valence-corrected chi connectivity index (χ1v) is 9.99. The molecular weight excluding hydrogens is 348 g/mol. The summed E-state index contributed by atoms with van der Waals surface area (Å²) in [6.07, 6.45) is 4.63. The molecule has 1 aliphatic carbocycles. The zero-order valence-electron chi connectivity index (χ0n) is 15.9. The number of nitrogens with zero attached hydrogens (tertiary/aromatic N) is 1. The van der Waals surface area contributed by atoms with Gasteiger partial charge in [-0.25, -0.2) is 0 Å². The summed E-state index contributed by atoms with van der Waals surface area (Å²) in [6.45, 7) is 7.30. The standard InChI is InChI=1S/C21H29ClN2O2/c1-21(2,3)15-8-10-16(11-9-15)23-20(26)14-12-19(25)24(13-14)18-7-5-4-6-17(18)22/h4-7,14-16H,8-13H2,1-3H3,(H,23,26)/t14-,15?,16?/m0/s1. The monoisotopic (exact) mass is 376 g/mol. The third-order valence-electron chi connectivity index (χ3n) is 5.94. The molecule has 4 nitrogen and oxygen atoms in total. The van der Waals surface area contributed by atoms with Gasteiger partial charge in [0, 0.05) is 19.0 Å². The van der Waals surface area contributed by atoms with E-state index in [2.05, 4.69) is 26.1 Å². The van der Waals surface area contributed by atoms with Gasteiger partial charge in [-0.3, -0.25) is 9.59 Å². The maximum atomic E-state index is 12.7. The molecule has 0 aromatic heterocycles. The van der Waals surface area contributed by atoms with Crippen LogP contribution in [0.5, 0.6) is 0 Å². The first kappa shape index (κ1) is 19.2. The predicted octanol–water partition coefficient (Wildman–Crippen LogP) is 4.41.